The van der Waals surface area contributed by atoms with E-state index >= 15 is 0 Å². The van der Waals surface area contributed by atoms with Crippen LogP contribution in [0.25, 0.3) is 10.9 Å². The monoisotopic (exact) mass is 353 g/mol. The summed E-state index contributed by atoms with van der Waals surface area (Å²) in [6, 6.07) is 12.0. The van der Waals surface area contributed by atoms with Crippen LogP contribution in [0.1, 0.15) is 27.6 Å². The average Bonchev–Trinajstić information content (AvgIpc) is 2.97. The average molecular weight is 353 g/mol. The van der Waals surface area contributed by atoms with E-state index in [1.807, 2.05) is 42.1 Å². The normalized spacial score (nSPS) is 12.1. The lowest BCUT2D eigenvalue weighted by Crippen LogP contribution is -2.28. The molecule has 0 radical (unpaired) electrons. The van der Waals surface area contributed by atoms with Gasteiger partial charge in [-0.15, -0.1) is 0 Å². The SMILES string of the molecule is Cc1ccc(C(=O)NCC(O)c2cn(C)c3ccccc23)cc1[N+](=O)[O-]. The van der Waals surface area contributed by atoms with E-state index in [4.69, 9.17) is 0 Å². The summed E-state index contributed by atoms with van der Waals surface area (Å²) in [4.78, 5) is 22.8. The van der Waals surface area contributed by atoms with Crippen molar-refractivity contribution in [3.8, 4) is 0 Å². The summed E-state index contributed by atoms with van der Waals surface area (Å²) in [5.41, 5.74) is 2.28. The molecule has 1 unspecified atom stereocenters. The Hall–Kier alpha value is -3.19. The molecule has 0 aliphatic heterocycles. The van der Waals surface area contributed by atoms with Crippen molar-refractivity contribution in [3.05, 3.63) is 75.5 Å². The van der Waals surface area contributed by atoms with Crippen molar-refractivity contribution in [1.29, 1.82) is 0 Å². The minimum Gasteiger partial charge on any atom is -0.386 e. The van der Waals surface area contributed by atoms with Gasteiger partial charge in [-0.3, -0.25) is 14.9 Å². The van der Waals surface area contributed by atoms with Crippen LogP contribution in [-0.2, 0) is 7.05 Å². The summed E-state index contributed by atoms with van der Waals surface area (Å²) in [6.07, 6.45) is 0.948. The number of aliphatic hydroxyl groups is 1. The number of amides is 1. The van der Waals surface area contributed by atoms with Crippen molar-refractivity contribution < 1.29 is 14.8 Å². The lowest BCUT2D eigenvalue weighted by molar-refractivity contribution is -0.385. The molecule has 2 N–H and O–H groups in total. The number of hydrogen-bond donors (Lipinski definition) is 2. The molecule has 1 atom stereocenters. The highest BCUT2D eigenvalue weighted by Crippen LogP contribution is 2.25. The molecule has 1 heterocycles. The summed E-state index contributed by atoms with van der Waals surface area (Å²) in [7, 11) is 1.89. The molecule has 0 saturated heterocycles. The number of benzene rings is 2. The van der Waals surface area contributed by atoms with Crippen molar-refractivity contribution in [2.45, 2.75) is 13.0 Å². The number of nitro benzene ring substituents is 1. The third-order valence-corrected chi connectivity index (χ3v) is 4.41. The number of hydrogen-bond acceptors (Lipinski definition) is 4. The molecule has 3 rings (SSSR count). The molecular weight excluding hydrogens is 334 g/mol. The maximum atomic E-state index is 12.3. The fourth-order valence-corrected chi connectivity index (χ4v) is 2.99. The Kier molecular flexibility index (Phi) is 4.73. The maximum absolute atomic E-state index is 12.3. The zero-order valence-electron chi connectivity index (χ0n) is 14.5. The minimum absolute atomic E-state index is 0.00845. The molecule has 1 amide bonds. The highest BCUT2D eigenvalue weighted by Gasteiger charge is 2.18. The third kappa shape index (κ3) is 3.29. The van der Waals surface area contributed by atoms with Crippen molar-refractivity contribution in [1.82, 2.24) is 9.88 Å². The van der Waals surface area contributed by atoms with Crippen LogP contribution in [0, 0.1) is 17.0 Å². The van der Waals surface area contributed by atoms with Crippen LogP contribution in [0.5, 0.6) is 0 Å². The predicted molar refractivity (Wildman–Crippen MR) is 98.0 cm³/mol. The summed E-state index contributed by atoms with van der Waals surface area (Å²) >= 11 is 0. The number of carbonyl (C=O) groups is 1. The Morgan fingerprint density at radius 1 is 1.31 bits per heavy atom. The smallest absolute Gasteiger partial charge is 0.273 e. The van der Waals surface area contributed by atoms with E-state index in [1.54, 1.807) is 6.92 Å². The highest BCUT2D eigenvalue weighted by atomic mass is 16.6. The number of carbonyl (C=O) groups excluding carboxylic acids is 1. The van der Waals surface area contributed by atoms with Crippen molar-refractivity contribution in [2.24, 2.45) is 7.05 Å². The fourth-order valence-electron chi connectivity index (χ4n) is 2.99. The first-order valence-corrected chi connectivity index (χ1v) is 8.13. The molecule has 1 aromatic heterocycles. The Morgan fingerprint density at radius 2 is 2.04 bits per heavy atom. The number of nitrogens with zero attached hydrogens (tertiary/aromatic N) is 2. The van der Waals surface area contributed by atoms with Crippen LogP contribution >= 0.6 is 0 Å². The van der Waals surface area contributed by atoms with Gasteiger partial charge < -0.3 is 15.0 Å². The number of aromatic nitrogens is 1. The van der Waals surface area contributed by atoms with E-state index in [2.05, 4.69) is 5.32 Å². The molecule has 26 heavy (non-hydrogen) atoms. The van der Waals surface area contributed by atoms with Crippen molar-refractivity contribution in [3.63, 3.8) is 0 Å². The lowest BCUT2D eigenvalue weighted by atomic mass is 10.1. The molecule has 2 aromatic carbocycles. The molecular formula is C19H19N3O4. The number of aliphatic hydroxyl groups excluding tert-OH is 1. The largest absolute Gasteiger partial charge is 0.386 e. The van der Waals surface area contributed by atoms with Gasteiger partial charge in [0.1, 0.15) is 0 Å². The van der Waals surface area contributed by atoms with E-state index in [0.717, 1.165) is 16.5 Å². The van der Waals surface area contributed by atoms with Crippen molar-refractivity contribution >= 4 is 22.5 Å². The van der Waals surface area contributed by atoms with Gasteiger partial charge in [-0.2, -0.15) is 0 Å². The molecule has 0 aliphatic carbocycles. The molecule has 3 aromatic rings. The van der Waals surface area contributed by atoms with Crippen LogP contribution in [0.15, 0.2) is 48.7 Å². The third-order valence-electron chi connectivity index (χ3n) is 4.41. The first-order chi connectivity index (χ1) is 12.4. The highest BCUT2D eigenvalue weighted by molar-refractivity contribution is 5.95. The van der Waals surface area contributed by atoms with Gasteiger partial charge in [-0.25, -0.2) is 0 Å². The van der Waals surface area contributed by atoms with Gasteiger partial charge >= 0.3 is 0 Å². The number of fused-ring (bicyclic) bond motifs is 1. The second-order valence-electron chi connectivity index (χ2n) is 6.20. The van der Waals surface area contributed by atoms with Gasteiger partial charge in [0.25, 0.3) is 11.6 Å². The molecule has 0 aliphatic rings. The number of nitrogens with one attached hydrogen (secondary N) is 1. The quantitative estimate of drug-likeness (QED) is 0.544. The van der Waals surface area contributed by atoms with Crippen LogP contribution in [0.4, 0.5) is 5.69 Å². The summed E-state index contributed by atoms with van der Waals surface area (Å²) in [6.45, 7) is 1.62. The Bertz CT molecular complexity index is 994. The fraction of sp³-hybridized carbons (Fsp3) is 0.211. The van der Waals surface area contributed by atoms with Crippen molar-refractivity contribution in [2.75, 3.05) is 6.54 Å². The van der Waals surface area contributed by atoms with E-state index in [0.29, 0.717) is 5.56 Å². The Morgan fingerprint density at radius 3 is 2.77 bits per heavy atom. The van der Waals surface area contributed by atoms with Gasteiger partial charge in [-0.1, -0.05) is 24.3 Å². The molecule has 0 fully saturated rings. The minimum atomic E-state index is -0.884. The lowest BCUT2D eigenvalue weighted by Gasteiger charge is -2.11. The maximum Gasteiger partial charge on any atom is 0.273 e. The van der Waals surface area contributed by atoms with Crippen LogP contribution < -0.4 is 5.32 Å². The second-order valence-corrected chi connectivity index (χ2v) is 6.20. The van der Waals surface area contributed by atoms with Crippen LogP contribution in [0.3, 0.4) is 0 Å². The van der Waals surface area contributed by atoms with Gasteiger partial charge in [0.05, 0.1) is 11.0 Å². The predicted octanol–water partition coefficient (Wildman–Crippen LogP) is 2.86. The molecule has 0 bridgehead atoms. The Balaban J connectivity index is 1.75. The summed E-state index contributed by atoms with van der Waals surface area (Å²) < 4.78 is 1.92. The van der Waals surface area contributed by atoms with E-state index < -0.39 is 16.9 Å². The number of aryl methyl sites for hydroxylation is 2. The Labute approximate surface area is 150 Å². The molecule has 134 valence electrons. The first kappa shape index (κ1) is 17.6. The molecule has 0 spiro atoms. The van der Waals surface area contributed by atoms with Gasteiger partial charge in [-0.05, 0) is 19.1 Å². The van der Waals surface area contributed by atoms with E-state index in [-0.39, 0.29) is 17.8 Å². The number of rotatable bonds is 5. The summed E-state index contributed by atoms with van der Waals surface area (Å²) in [5.74, 6) is -0.465. The number of nitro groups is 1. The zero-order valence-corrected chi connectivity index (χ0v) is 14.5. The van der Waals surface area contributed by atoms with Crippen LogP contribution in [0.2, 0.25) is 0 Å². The standard InChI is InChI=1S/C19H19N3O4/c1-12-7-8-13(9-17(12)22(25)26)19(24)20-10-18(23)15-11-21(2)16-6-4-3-5-14(15)16/h3-9,11,18,23H,10H2,1-2H3,(H,20,24). The van der Waals surface area contributed by atoms with Crippen LogP contribution in [-0.4, -0.2) is 27.0 Å². The van der Waals surface area contributed by atoms with Gasteiger partial charge in [0.15, 0.2) is 0 Å². The van der Waals surface area contributed by atoms with Gasteiger partial charge in [0.2, 0.25) is 0 Å². The second kappa shape index (κ2) is 6.97. The molecule has 7 heteroatoms. The topological polar surface area (TPSA) is 97.4 Å². The molecule has 7 nitrogen and oxygen atoms in total. The first-order valence-electron chi connectivity index (χ1n) is 8.13. The summed E-state index contributed by atoms with van der Waals surface area (Å²) in [5, 5.41) is 25.0. The number of para-hydroxylation sites is 1. The van der Waals surface area contributed by atoms with E-state index in [1.165, 1.54) is 18.2 Å². The van der Waals surface area contributed by atoms with E-state index in [9.17, 15) is 20.0 Å². The van der Waals surface area contributed by atoms with Gasteiger partial charge in [0, 0.05) is 53.4 Å². The zero-order chi connectivity index (χ0) is 18.8. The molecule has 0 saturated carbocycles.